The Labute approximate surface area is 127 Å². The maximum absolute atomic E-state index is 12.1. The van der Waals surface area contributed by atoms with E-state index in [0.29, 0.717) is 17.3 Å². The number of carbonyl (C=O) groups is 1. The molecule has 0 radical (unpaired) electrons. The molecular formula is C12H20BrClN2OS. The van der Waals surface area contributed by atoms with Crippen LogP contribution in [0.2, 0.25) is 0 Å². The molecule has 3 nitrogen and oxygen atoms in total. The van der Waals surface area contributed by atoms with Crippen molar-refractivity contribution in [2.75, 3.05) is 6.54 Å². The van der Waals surface area contributed by atoms with Crippen LogP contribution < -0.4 is 11.1 Å². The van der Waals surface area contributed by atoms with Crippen molar-refractivity contribution in [1.82, 2.24) is 5.32 Å². The first-order valence-electron chi connectivity index (χ1n) is 5.63. The molecule has 0 fully saturated rings. The highest BCUT2D eigenvalue weighted by Gasteiger charge is 2.27. The number of hydrogen-bond acceptors (Lipinski definition) is 3. The monoisotopic (exact) mass is 354 g/mol. The fourth-order valence-electron chi connectivity index (χ4n) is 1.87. The smallest absolute Gasteiger partial charge is 0.262 e. The summed E-state index contributed by atoms with van der Waals surface area (Å²) in [5, 5.41) is 4.92. The predicted octanol–water partition coefficient (Wildman–Crippen LogP) is 3.43. The highest BCUT2D eigenvalue weighted by atomic mass is 79.9. The third kappa shape index (κ3) is 4.88. The van der Waals surface area contributed by atoms with Crippen LogP contribution in [0.3, 0.4) is 0 Å². The van der Waals surface area contributed by atoms with E-state index in [-0.39, 0.29) is 23.9 Å². The molecule has 6 heteroatoms. The number of nitrogens with one attached hydrogen (secondary N) is 1. The summed E-state index contributed by atoms with van der Waals surface area (Å²) in [5.41, 5.74) is 5.43. The lowest BCUT2D eigenvalue weighted by Crippen LogP contribution is -2.52. The zero-order chi connectivity index (χ0) is 13.1. The molecule has 1 amide bonds. The zero-order valence-corrected chi connectivity index (χ0v) is 14.0. The van der Waals surface area contributed by atoms with Gasteiger partial charge in [0.2, 0.25) is 0 Å². The Morgan fingerprint density at radius 3 is 2.61 bits per heavy atom. The van der Waals surface area contributed by atoms with Crippen molar-refractivity contribution in [2.24, 2.45) is 11.7 Å². The van der Waals surface area contributed by atoms with Crippen molar-refractivity contribution in [1.29, 1.82) is 0 Å². The van der Waals surface area contributed by atoms with Crippen molar-refractivity contribution in [2.45, 2.75) is 32.7 Å². The van der Waals surface area contributed by atoms with E-state index < -0.39 is 0 Å². The van der Waals surface area contributed by atoms with Gasteiger partial charge in [0.25, 0.3) is 5.91 Å². The minimum atomic E-state index is -0.339. The molecule has 1 atom stereocenters. The van der Waals surface area contributed by atoms with Crippen molar-refractivity contribution >= 4 is 45.6 Å². The molecule has 1 heterocycles. The van der Waals surface area contributed by atoms with Gasteiger partial charge in [-0.25, -0.2) is 0 Å². The van der Waals surface area contributed by atoms with Gasteiger partial charge in [-0.05, 0) is 46.6 Å². The Morgan fingerprint density at radius 2 is 2.22 bits per heavy atom. The molecule has 0 saturated heterocycles. The number of thiophene rings is 1. The summed E-state index contributed by atoms with van der Waals surface area (Å²) >= 11 is 4.79. The molecule has 0 bridgehead atoms. The lowest BCUT2D eigenvalue weighted by atomic mass is 9.90. The average molecular weight is 356 g/mol. The van der Waals surface area contributed by atoms with E-state index in [2.05, 4.69) is 35.1 Å². The largest absolute Gasteiger partial charge is 0.345 e. The Bertz CT molecular complexity index is 397. The fraction of sp³-hybridized carbons (Fsp3) is 0.583. The Balaban J connectivity index is 0.00000289. The molecule has 18 heavy (non-hydrogen) atoms. The first-order valence-corrected chi connectivity index (χ1v) is 7.31. The van der Waals surface area contributed by atoms with Crippen LogP contribution in [0.5, 0.6) is 0 Å². The average Bonchev–Trinajstić information content (AvgIpc) is 2.63. The molecule has 0 spiro atoms. The maximum atomic E-state index is 12.1. The number of hydrogen-bond donors (Lipinski definition) is 2. The molecule has 1 unspecified atom stereocenters. The zero-order valence-electron chi connectivity index (χ0n) is 10.8. The van der Waals surface area contributed by atoms with Crippen LogP contribution in [0.1, 0.15) is 36.9 Å². The minimum Gasteiger partial charge on any atom is -0.345 e. The highest BCUT2D eigenvalue weighted by molar-refractivity contribution is 9.10. The van der Waals surface area contributed by atoms with Gasteiger partial charge in [0.15, 0.2) is 0 Å². The van der Waals surface area contributed by atoms with Crippen molar-refractivity contribution in [3.8, 4) is 0 Å². The van der Waals surface area contributed by atoms with Crippen LogP contribution in [-0.2, 0) is 0 Å². The second kappa shape index (κ2) is 7.48. The molecule has 0 aromatic carbocycles. The summed E-state index contributed by atoms with van der Waals surface area (Å²) in [6, 6.07) is 1.88. The van der Waals surface area contributed by atoms with Gasteiger partial charge >= 0.3 is 0 Å². The van der Waals surface area contributed by atoms with Crippen LogP contribution in [0, 0.1) is 5.92 Å². The lowest BCUT2D eigenvalue weighted by molar-refractivity contribution is 0.0902. The SMILES string of the molecule is CC(C)CC(C)(CN)NC(=O)c1sccc1Br.Cl. The predicted molar refractivity (Wildman–Crippen MR) is 83.6 cm³/mol. The number of rotatable bonds is 5. The number of nitrogens with two attached hydrogens (primary N) is 1. The molecule has 3 N–H and O–H groups in total. The van der Waals surface area contributed by atoms with E-state index in [1.165, 1.54) is 11.3 Å². The standard InChI is InChI=1S/C12H19BrN2OS.ClH/c1-8(2)6-12(3,7-14)15-11(16)10-9(13)4-5-17-10;/h4-5,8H,6-7,14H2,1-3H3,(H,15,16);1H. The first-order chi connectivity index (χ1) is 7.88. The summed E-state index contributed by atoms with van der Waals surface area (Å²) in [6.07, 6.45) is 0.873. The molecule has 0 aliphatic carbocycles. The third-order valence-electron chi connectivity index (χ3n) is 2.55. The van der Waals surface area contributed by atoms with Crippen molar-refractivity contribution < 1.29 is 4.79 Å². The van der Waals surface area contributed by atoms with Crippen molar-refractivity contribution in [3.05, 3.63) is 20.8 Å². The van der Waals surface area contributed by atoms with E-state index in [4.69, 9.17) is 5.73 Å². The number of carbonyl (C=O) groups excluding carboxylic acids is 1. The van der Waals surface area contributed by atoms with Gasteiger partial charge in [-0.2, -0.15) is 0 Å². The van der Waals surface area contributed by atoms with Crippen LogP contribution in [-0.4, -0.2) is 18.0 Å². The van der Waals surface area contributed by atoms with E-state index in [1.807, 2.05) is 18.4 Å². The summed E-state index contributed by atoms with van der Waals surface area (Å²) < 4.78 is 0.837. The molecule has 0 aliphatic rings. The van der Waals surface area contributed by atoms with Gasteiger partial charge < -0.3 is 11.1 Å². The Morgan fingerprint density at radius 1 is 1.61 bits per heavy atom. The molecule has 1 aromatic rings. The summed E-state index contributed by atoms with van der Waals surface area (Å²) in [4.78, 5) is 12.8. The van der Waals surface area contributed by atoms with Crippen LogP contribution in [0.15, 0.2) is 15.9 Å². The van der Waals surface area contributed by atoms with Gasteiger partial charge in [-0.15, -0.1) is 23.7 Å². The lowest BCUT2D eigenvalue weighted by Gasteiger charge is -2.31. The van der Waals surface area contributed by atoms with E-state index in [1.54, 1.807) is 0 Å². The van der Waals surface area contributed by atoms with Crippen molar-refractivity contribution in [3.63, 3.8) is 0 Å². The number of halogens is 2. The van der Waals surface area contributed by atoms with E-state index >= 15 is 0 Å². The van der Waals surface area contributed by atoms with Crippen LogP contribution >= 0.6 is 39.7 Å². The molecule has 1 aromatic heterocycles. The van der Waals surface area contributed by atoms with Gasteiger partial charge in [0.1, 0.15) is 4.88 Å². The maximum Gasteiger partial charge on any atom is 0.262 e. The number of amides is 1. The van der Waals surface area contributed by atoms with Crippen LogP contribution in [0.4, 0.5) is 0 Å². The van der Waals surface area contributed by atoms with Gasteiger partial charge in [0.05, 0.1) is 5.54 Å². The Kier molecular flexibility index (Phi) is 7.44. The van der Waals surface area contributed by atoms with E-state index in [0.717, 1.165) is 10.9 Å². The fourth-order valence-corrected chi connectivity index (χ4v) is 3.32. The highest BCUT2D eigenvalue weighted by Crippen LogP contribution is 2.24. The van der Waals surface area contributed by atoms with Crippen LogP contribution in [0.25, 0.3) is 0 Å². The Hall–Kier alpha value is -0.100. The summed E-state index contributed by atoms with van der Waals surface area (Å²) in [7, 11) is 0. The molecule has 0 saturated carbocycles. The molecular weight excluding hydrogens is 336 g/mol. The topological polar surface area (TPSA) is 55.1 Å². The first kappa shape index (κ1) is 17.9. The second-order valence-corrected chi connectivity index (χ2v) is 6.68. The summed E-state index contributed by atoms with van der Waals surface area (Å²) in [5.74, 6) is 0.441. The normalized spacial score (nSPS) is 13.9. The third-order valence-corrected chi connectivity index (χ3v) is 4.38. The van der Waals surface area contributed by atoms with E-state index in [9.17, 15) is 4.79 Å². The second-order valence-electron chi connectivity index (χ2n) is 4.91. The summed E-state index contributed by atoms with van der Waals surface area (Å²) in [6.45, 7) is 6.69. The molecule has 1 rings (SSSR count). The van der Waals surface area contributed by atoms with Gasteiger partial charge in [0, 0.05) is 11.0 Å². The minimum absolute atomic E-state index is 0. The molecule has 104 valence electrons. The van der Waals surface area contributed by atoms with Gasteiger partial charge in [-0.3, -0.25) is 4.79 Å². The molecule has 0 aliphatic heterocycles. The van der Waals surface area contributed by atoms with Gasteiger partial charge in [-0.1, -0.05) is 13.8 Å². The quantitative estimate of drug-likeness (QED) is 0.850.